The van der Waals surface area contributed by atoms with Crippen molar-refractivity contribution >= 4 is 22.5 Å². The number of hydrogen-bond acceptors (Lipinski definition) is 3. The monoisotopic (exact) mass is 378 g/mol. The van der Waals surface area contributed by atoms with Gasteiger partial charge in [0.25, 0.3) is 0 Å². The van der Waals surface area contributed by atoms with Crippen molar-refractivity contribution in [2.45, 2.75) is 12.3 Å². The highest BCUT2D eigenvalue weighted by Gasteiger charge is 2.24. The topological polar surface area (TPSA) is 46.0 Å². The lowest BCUT2D eigenvalue weighted by atomic mass is 9.85. The number of phenolic OH excluding ortho intramolecular Hbond substituents is 1. The molecule has 2 heterocycles. The Morgan fingerprint density at radius 1 is 0.926 bits per heavy atom. The molecule has 0 amide bonds. The van der Waals surface area contributed by atoms with Crippen molar-refractivity contribution in [3.8, 4) is 5.75 Å². The van der Waals surface area contributed by atoms with Crippen LogP contribution in [0.5, 0.6) is 5.75 Å². The average molecular weight is 379 g/mol. The number of phenols is 1. The van der Waals surface area contributed by atoms with Crippen LogP contribution in [0.15, 0.2) is 73.1 Å². The second-order valence-corrected chi connectivity index (χ2v) is 6.70. The number of halogens is 2. The summed E-state index contributed by atoms with van der Waals surface area (Å²) < 4.78 is 14.6. The maximum Gasteiger partial charge on any atom is 0.145 e. The van der Waals surface area contributed by atoms with Crippen LogP contribution < -0.4 is 0 Å². The number of aromatic nitrogens is 2. The van der Waals surface area contributed by atoms with Gasteiger partial charge in [-0.1, -0.05) is 35.9 Å². The molecule has 0 saturated carbocycles. The summed E-state index contributed by atoms with van der Waals surface area (Å²) in [4.78, 5) is 8.62. The third-order valence-corrected chi connectivity index (χ3v) is 4.95. The van der Waals surface area contributed by atoms with Crippen LogP contribution in [0.2, 0.25) is 5.02 Å². The maximum atomic E-state index is 14.6. The number of benzene rings is 2. The van der Waals surface area contributed by atoms with Crippen molar-refractivity contribution in [1.29, 1.82) is 0 Å². The molecule has 134 valence electrons. The summed E-state index contributed by atoms with van der Waals surface area (Å²) in [6, 6.07) is 17.4. The molecule has 4 rings (SSSR count). The zero-order valence-electron chi connectivity index (χ0n) is 14.3. The summed E-state index contributed by atoms with van der Waals surface area (Å²) in [7, 11) is 0. The Morgan fingerprint density at radius 2 is 1.70 bits per heavy atom. The Morgan fingerprint density at radius 3 is 2.48 bits per heavy atom. The quantitative estimate of drug-likeness (QED) is 0.509. The lowest BCUT2D eigenvalue weighted by molar-refractivity contribution is 0.468. The zero-order valence-corrected chi connectivity index (χ0v) is 15.1. The number of aromatic hydroxyl groups is 1. The molecule has 0 spiro atoms. The summed E-state index contributed by atoms with van der Waals surface area (Å²) in [5, 5.41) is 12.0. The van der Waals surface area contributed by atoms with Crippen molar-refractivity contribution in [2.24, 2.45) is 0 Å². The second-order valence-electron chi connectivity index (χ2n) is 6.30. The van der Waals surface area contributed by atoms with E-state index in [1.807, 2.05) is 18.2 Å². The van der Waals surface area contributed by atoms with Crippen molar-refractivity contribution in [3.63, 3.8) is 0 Å². The minimum Gasteiger partial charge on any atom is -0.505 e. The van der Waals surface area contributed by atoms with Gasteiger partial charge in [-0.3, -0.25) is 9.97 Å². The third-order valence-electron chi connectivity index (χ3n) is 4.64. The fraction of sp³-hybridized carbons (Fsp3) is 0.0909. The molecule has 0 bridgehead atoms. The molecule has 1 N–H and O–H groups in total. The van der Waals surface area contributed by atoms with Crippen LogP contribution in [0.4, 0.5) is 4.39 Å². The highest BCUT2D eigenvalue weighted by atomic mass is 35.5. The molecule has 1 unspecified atom stereocenters. The molecule has 0 fully saturated rings. The molecule has 0 saturated heterocycles. The summed E-state index contributed by atoms with van der Waals surface area (Å²) in [6.07, 6.45) is 3.71. The van der Waals surface area contributed by atoms with Gasteiger partial charge in [0, 0.05) is 41.4 Å². The normalized spacial score (nSPS) is 12.2. The summed E-state index contributed by atoms with van der Waals surface area (Å²) in [6.45, 7) is 0. The molecule has 0 aliphatic carbocycles. The highest BCUT2D eigenvalue weighted by molar-refractivity contribution is 6.35. The van der Waals surface area contributed by atoms with E-state index >= 15 is 0 Å². The van der Waals surface area contributed by atoms with Gasteiger partial charge in [0.15, 0.2) is 0 Å². The van der Waals surface area contributed by atoms with Gasteiger partial charge in [-0.05, 0) is 42.0 Å². The van der Waals surface area contributed by atoms with E-state index in [9.17, 15) is 9.50 Å². The molecule has 2 aromatic heterocycles. The summed E-state index contributed by atoms with van der Waals surface area (Å²) >= 11 is 6.45. The first-order valence-electron chi connectivity index (χ1n) is 8.55. The predicted octanol–water partition coefficient (Wildman–Crippen LogP) is 5.50. The first-order valence-corrected chi connectivity index (χ1v) is 8.93. The summed E-state index contributed by atoms with van der Waals surface area (Å²) in [5.41, 5.74) is 2.21. The van der Waals surface area contributed by atoms with Crippen LogP contribution in [-0.2, 0) is 6.42 Å². The lowest BCUT2D eigenvalue weighted by Crippen LogP contribution is -2.09. The van der Waals surface area contributed by atoms with Crippen molar-refractivity contribution in [1.82, 2.24) is 9.97 Å². The fourth-order valence-electron chi connectivity index (χ4n) is 3.34. The number of fused-ring (bicyclic) bond motifs is 1. The van der Waals surface area contributed by atoms with Gasteiger partial charge in [-0.25, -0.2) is 4.39 Å². The molecule has 0 aliphatic rings. The Hall–Kier alpha value is -2.98. The molecule has 27 heavy (non-hydrogen) atoms. The SMILES string of the molecule is Oc1c(C(Cc2ccccn2)c2ccccc2F)cc(Cl)c2cccnc12. The first kappa shape index (κ1) is 17.4. The number of rotatable bonds is 4. The molecule has 3 nitrogen and oxygen atoms in total. The minimum atomic E-state index is -0.454. The molecular weight excluding hydrogens is 363 g/mol. The number of nitrogens with zero attached hydrogens (tertiary/aromatic N) is 2. The van der Waals surface area contributed by atoms with Crippen LogP contribution in [0.3, 0.4) is 0 Å². The van der Waals surface area contributed by atoms with Crippen LogP contribution >= 0.6 is 11.6 Å². The summed E-state index contributed by atoms with van der Waals surface area (Å²) in [5.74, 6) is -0.778. The van der Waals surface area contributed by atoms with Gasteiger partial charge in [0.2, 0.25) is 0 Å². The Labute approximate surface area is 161 Å². The Kier molecular flexibility index (Phi) is 4.73. The zero-order chi connectivity index (χ0) is 18.8. The number of pyridine rings is 2. The standard InChI is InChI=1S/C22H16ClFN2O/c23-19-13-18(22(27)21-16(19)8-5-11-26-21)17(12-14-6-3-4-10-25-14)15-7-1-2-9-20(15)24/h1-11,13,17,27H,12H2. The highest BCUT2D eigenvalue weighted by Crippen LogP contribution is 2.41. The molecular formula is C22H16ClFN2O. The molecule has 1 atom stereocenters. The van der Waals surface area contributed by atoms with Gasteiger partial charge in [-0.15, -0.1) is 0 Å². The van der Waals surface area contributed by atoms with E-state index < -0.39 is 5.92 Å². The van der Waals surface area contributed by atoms with Gasteiger partial charge in [0.1, 0.15) is 17.1 Å². The smallest absolute Gasteiger partial charge is 0.145 e. The van der Waals surface area contributed by atoms with E-state index in [4.69, 9.17) is 11.6 Å². The Bertz CT molecular complexity index is 1100. The van der Waals surface area contributed by atoms with E-state index in [0.29, 0.717) is 33.5 Å². The first-order chi connectivity index (χ1) is 13.1. The van der Waals surface area contributed by atoms with Gasteiger partial charge >= 0.3 is 0 Å². The van der Waals surface area contributed by atoms with Gasteiger partial charge in [0.05, 0.1) is 5.02 Å². The van der Waals surface area contributed by atoms with Crippen LogP contribution in [0.1, 0.15) is 22.7 Å². The van der Waals surface area contributed by atoms with E-state index in [1.54, 1.807) is 48.8 Å². The van der Waals surface area contributed by atoms with Crippen LogP contribution in [0.25, 0.3) is 10.9 Å². The van der Waals surface area contributed by atoms with Gasteiger partial charge < -0.3 is 5.11 Å². The van der Waals surface area contributed by atoms with E-state index in [1.165, 1.54) is 6.07 Å². The minimum absolute atomic E-state index is 0.0131. The fourth-order valence-corrected chi connectivity index (χ4v) is 3.61. The van der Waals surface area contributed by atoms with Crippen molar-refractivity contribution in [2.75, 3.05) is 0 Å². The third kappa shape index (κ3) is 3.36. The van der Waals surface area contributed by atoms with Crippen molar-refractivity contribution < 1.29 is 9.50 Å². The molecule has 2 aromatic carbocycles. The lowest BCUT2D eigenvalue weighted by Gasteiger charge is -2.21. The predicted molar refractivity (Wildman–Crippen MR) is 105 cm³/mol. The average Bonchev–Trinajstić information content (AvgIpc) is 2.71. The largest absolute Gasteiger partial charge is 0.505 e. The van der Waals surface area contributed by atoms with Crippen molar-refractivity contribution in [3.05, 3.63) is 101 Å². The number of hydrogen-bond donors (Lipinski definition) is 1. The van der Waals surface area contributed by atoms with Crippen LogP contribution in [0, 0.1) is 5.82 Å². The maximum absolute atomic E-state index is 14.6. The van der Waals surface area contributed by atoms with Gasteiger partial charge in [-0.2, -0.15) is 0 Å². The van der Waals surface area contributed by atoms with E-state index in [0.717, 1.165) is 5.69 Å². The second kappa shape index (κ2) is 7.33. The molecule has 5 heteroatoms. The Balaban J connectivity index is 1.92. The molecule has 0 radical (unpaired) electrons. The van der Waals surface area contributed by atoms with E-state index in [-0.39, 0.29) is 11.6 Å². The van der Waals surface area contributed by atoms with E-state index in [2.05, 4.69) is 9.97 Å². The molecule has 4 aromatic rings. The van der Waals surface area contributed by atoms with Crippen LogP contribution in [-0.4, -0.2) is 15.1 Å². The molecule has 0 aliphatic heterocycles.